The van der Waals surface area contributed by atoms with E-state index in [1.165, 1.54) is 5.56 Å². The lowest BCUT2D eigenvalue weighted by molar-refractivity contribution is -0.186. The first-order valence-electron chi connectivity index (χ1n) is 8.24. The van der Waals surface area contributed by atoms with Crippen molar-refractivity contribution in [3.63, 3.8) is 0 Å². The largest absolute Gasteiger partial charge is 0.357 e. The monoisotopic (exact) mass is 304 g/mol. The van der Waals surface area contributed by atoms with Crippen LogP contribution in [0.4, 0.5) is 0 Å². The number of benzene rings is 1. The van der Waals surface area contributed by atoms with Crippen molar-refractivity contribution in [2.24, 2.45) is 16.6 Å². The number of nitrogens with zero attached hydrogens (tertiary/aromatic N) is 1. The Morgan fingerprint density at radius 1 is 1.14 bits per heavy atom. The quantitative estimate of drug-likeness (QED) is 0.903. The topological polar surface area (TPSA) is 38.5 Å². The Hall–Kier alpha value is -0.900. The van der Waals surface area contributed by atoms with Crippen LogP contribution in [0.3, 0.4) is 0 Å². The maximum atomic E-state index is 6.62. The smallest absolute Gasteiger partial charge is 0.134 e. The Bertz CT molecular complexity index is 486. The molecule has 0 amide bonds. The molecule has 1 aromatic carbocycles. The molecule has 22 heavy (non-hydrogen) atoms. The van der Waals surface area contributed by atoms with Gasteiger partial charge in [-0.05, 0) is 11.0 Å². The molecule has 0 bridgehead atoms. The van der Waals surface area contributed by atoms with E-state index in [-0.39, 0.29) is 16.9 Å². The highest BCUT2D eigenvalue weighted by atomic mass is 16.5. The van der Waals surface area contributed by atoms with E-state index in [1.54, 1.807) is 0 Å². The SMILES string of the molecule is CC(C)(C)CN1C[C@](N)(C(C)(C)C)OC[C@H]1c1ccccc1. The van der Waals surface area contributed by atoms with Crippen molar-refractivity contribution in [3.05, 3.63) is 35.9 Å². The molecule has 1 aromatic rings. The maximum Gasteiger partial charge on any atom is 0.134 e. The van der Waals surface area contributed by atoms with Gasteiger partial charge in [-0.25, -0.2) is 0 Å². The van der Waals surface area contributed by atoms with Crippen LogP contribution in [0.1, 0.15) is 53.1 Å². The Balaban J connectivity index is 2.28. The van der Waals surface area contributed by atoms with Crippen LogP contribution >= 0.6 is 0 Å². The summed E-state index contributed by atoms with van der Waals surface area (Å²) in [5, 5.41) is 0. The summed E-state index contributed by atoms with van der Waals surface area (Å²) in [5.74, 6) is 0. The van der Waals surface area contributed by atoms with Crippen molar-refractivity contribution in [3.8, 4) is 0 Å². The first-order valence-corrected chi connectivity index (χ1v) is 8.24. The third-order valence-electron chi connectivity index (χ3n) is 4.51. The van der Waals surface area contributed by atoms with Crippen LogP contribution in [-0.2, 0) is 4.74 Å². The number of hydrogen-bond donors (Lipinski definition) is 1. The molecular weight excluding hydrogens is 272 g/mol. The summed E-state index contributed by atoms with van der Waals surface area (Å²) < 4.78 is 6.18. The zero-order chi connectivity index (χ0) is 16.6. The highest BCUT2D eigenvalue weighted by Gasteiger charge is 2.46. The van der Waals surface area contributed by atoms with Gasteiger partial charge in [0.1, 0.15) is 5.72 Å². The van der Waals surface area contributed by atoms with Gasteiger partial charge in [0, 0.05) is 18.5 Å². The second-order valence-electron chi connectivity index (χ2n) is 8.84. The summed E-state index contributed by atoms with van der Waals surface area (Å²) in [4.78, 5) is 2.50. The molecule has 0 aromatic heterocycles. The van der Waals surface area contributed by atoms with E-state index in [1.807, 2.05) is 0 Å². The van der Waals surface area contributed by atoms with Gasteiger partial charge in [-0.1, -0.05) is 71.9 Å². The fourth-order valence-electron chi connectivity index (χ4n) is 3.00. The normalized spacial score (nSPS) is 27.9. The molecule has 1 aliphatic heterocycles. The van der Waals surface area contributed by atoms with Gasteiger partial charge in [0.2, 0.25) is 0 Å². The van der Waals surface area contributed by atoms with Gasteiger partial charge in [-0.3, -0.25) is 4.90 Å². The molecule has 1 fully saturated rings. The molecule has 0 unspecified atom stereocenters. The molecule has 3 nitrogen and oxygen atoms in total. The van der Waals surface area contributed by atoms with Gasteiger partial charge in [-0.2, -0.15) is 0 Å². The van der Waals surface area contributed by atoms with Crippen molar-refractivity contribution >= 4 is 0 Å². The molecule has 2 atom stereocenters. The van der Waals surface area contributed by atoms with E-state index in [0.717, 1.165) is 13.1 Å². The van der Waals surface area contributed by atoms with Crippen molar-refractivity contribution in [2.75, 3.05) is 19.7 Å². The molecule has 2 N–H and O–H groups in total. The predicted molar refractivity (Wildman–Crippen MR) is 92.5 cm³/mol. The van der Waals surface area contributed by atoms with Gasteiger partial charge in [0.05, 0.1) is 12.6 Å². The number of morpholine rings is 1. The van der Waals surface area contributed by atoms with Gasteiger partial charge in [-0.15, -0.1) is 0 Å². The number of hydrogen-bond acceptors (Lipinski definition) is 3. The van der Waals surface area contributed by atoms with Gasteiger partial charge >= 0.3 is 0 Å². The van der Waals surface area contributed by atoms with Crippen LogP contribution in [0, 0.1) is 10.8 Å². The molecule has 0 radical (unpaired) electrons. The molecule has 124 valence electrons. The van der Waals surface area contributed by atoms with Crippen molar-refractivity contribution in [1.29, 1.82) is 0 Å². The minimum absolute atomic E-state index is 0.0925. The van der Waals surface area contributed by atoms with Crippen molar-refractivity contribution < 1.29 is 4.74 Å². The van der Waals surface area contributed by atoms with Crippen LogP contribution in [0.5, 0.6) is 0 Å². The predicted octanol–water partition coefficient (Wildman–Crippen LogP) is 3.81. The first kappa shape index (κ1) is 17.5. The fourth-order valence-corrected chi connectivity index (χ4v) is 3.00. The van der Waals surface area contributed by atoms with Crippen molar-refractivity contribution in [2.45, 2.75) is 53.3 Å². The Morgan fingerprint density at radius 2 is 1.73 bits per heavy atom. The molecule has 1 heterocycles. The van der Waals surface area contributed by atoms with Crippen LogP contribution in [0.2, 0.25) is 0 Å². The molecule has 0 saturated carbocycles. The highest BCUT2D eigenvalue weighted by molar-refractivity contribution is 5.20. The third-order valence-corrected chi connectivity index (χ3v) is 4.51. The minimum Gasteiger partial charge on any atom is -0.357 e. The van der Waals surface area contributed by atoms with Gasteiger partial charge in [0.15, 0.2) is 0 Å². The average molecular weight is 304 g/mol. The van der Waals surface area contributed by atoms with E-state index in [0.29, 0.717) is 6.61 Å². The second kappa shape index (κ2) is 5.95. The Labute approximate surface area is 135 Å². The number of nitrogens with two attached hydrogens (primary N) is 1. The van der Waals surface area contributed by atoms with E-state index >= 15 is 0 Å². The summed E-state index contributed by atoms with van der Waals surface area (Å²) in [5.41, 5.74) is 7.46. The average Bonchev–Trinajstić information content (AvgIpc) is 2.36. The van der Waals surface area contributed by atoms with Gasteiger partial charge in [0.25, 0.3) is 0 Å². The van der Waals surface area contributed by atoms with Gasteiger partial charge < -0.3 is 10.5 Å². The summed E-state index contributed by atoms with van der Waals surface area (Å²) in [6.45, 7) is 15.7. The van der Waals surface area contributed by atoms with E-state index in [2.05, 4.69) is 76.8 Å². The molecule has 2 rings (SSSR count). The van der Waals surface area contributed by atoms with E-state index < -0.39 is 5.72 Å². The minimum atomic E-state index is -0.608. The lowest BCUT2D eigenvalue weighted by Gasteiger charge is -2.52. The first-order chi connectivity index (χ1) is 10.0. The Kier molecular flexibility index (Phi) is 4.72. The summed E-state index contributed by atoms with van der Waals surface area (Å²) in [6, 6.07) is 10.9. The maximum absolute atomic E-state index is 6.62. The standard InChI is InChI=1S/C19H32N2O/c1-17(2,3)13-21-14-19(20,18(4,5)6)22-12-16(21)15-10-8-7-9-11-15/h7-11,16H,12-14,20H2,1-6H3/t16-,19+/m0/s1. The lowest BCUT2D eigenvalue weighted by Crippen LogP contribution is -2.65. The van der Waals surface area contributed by atoms with Crippen molar-refractivity contribution in [1.82, 2.24) is 4.90 Å². The molecule has 3 heteroatoms. The third kappa shape index (κ3) is 3.89. The highest BCUT2D eigenvalue weighted by Crippen LogP contribution is 2.38. The molecule has 0 aliphatic carbocycles. The second-order valence-corrected chi connectivity index (χ2v) is 8.84. The summed E-state index contributed by atoms with van der Waals surface area (Å²) in [6.07, 6.45) is 0. The van der Waals surface area contributed by atoms with Crippen LogP contribution in [0.25, 0.3) is 0 Å². The van der Waals surface area contributed by atoms with E-state index in [9.17, 15) is 0 Å². The zero-order valence-corrected chi connectivity index (χ0v) is 15.0. The Morgan fingerprint density at radius 3 is 2.23 bits per heavy atom. The molecule has 1 saturated heterocycles. The van der Waals surface area contributed by atoms with Crippen LogP contribution in [0.15, 0.2) is 30.3 Å². The number of rotatable bonds is 2. The molecule has 1 aliphatic rings. The number of ether oxygens (including phenoxy) is 1. The van der Waals surface area contributed by atoms with Crippen LogP contribution < -0.4 is 5.73 Å². The fraction of sp³-hybridized carbons (Fsp3) is 0.684. The van der Waals surface area contributed by atoms with E-state index in [4.69, 9.17) is 10.5 Å². The molecular formula is C19H32N2O. The zero-order valence-electron chi connectivity index (χ0n) is 15.0. The lowest BCUT2D eigenvalue weighted by atomic mass is 9.81. The summed E-state index contributed by atoms with van der Waals surface area (Å²) in [7, 11) is 0. The summed E-state index contributed by atoms with van der Waals surface area (Å²) >= 11 is 0. The van der Waals surface area contributed by atoms with Crippen LogP contribution in [-0.4, -0.2) is 30.3 Å². The molecule has 0 spiro atoms.